The predicted molar refractivity (Wildman–Crippen MR) is 168 cm³/mol. The number of benzene rings is 2. The number of likely N-dealkylation sites (tertiary alicyclic amines) is 1. The Hall–Kier alpha value is -3.46. The number of hydrogen-bond donors (Lipinski definition) is 1. The van der Waals surface area contributed by atoms with Crippen molar-refractivity contribution in [3.63, 3.8) is 0 Å². The number of amides is 3. The van der Waals surface area contributed by atoms with Gasteiger partial charge in [-0.25, -0.2) is 0 Å². The van der Waals surface area contributed by atoms with Crippen molar-refractivity contribution >= 4 is 40.7 Å². The van der Waals surface area contributed by atoms with E-state index in [2.05, 4.69) is 13.2 Å². The number of rotatable bonds is 11. The summed E-state index contributed by atoms with van der Waals surface area (Å²) in [6.45, 7) is 13.3. The molecule has 9 heteroatoms. The first-order chi connectivity index (χ1) is 20.6. The number of nitrogens with zero attached hydrogens (tertiary/aromatic N) is 3. The molecule has 3 amide bonds. The number of hydrogen-bond acceptors (Lipinski definition) is 5. The minimum absolute atomic E-state index is 0.151. The third-order valence-corrected chi connectivity index (χ3v) is 9.84. The summed E-state index contributed by atoms with van der Waals surface area (Å²) < 4.78 is 6.95. The van der Waals surface area contributed by atoms with E-state index in [-0.39, 0.29) is 37.4 Å². The van der Waals surface area contributed by atoms with Crippen molar-refractivity contribution in [2.24, 2.45) is 11.8 Å². The molecule has 6 atom stereocenters. The van der Waals surface area contributed by atoms with Gasteiger partial charge in [-0.05, 0) is 56.9 Å². The molecule has 1 N–H and O–H groups in total. The van der Waals surface area contributed by atoms with Gasteiger partial charge in [0.2, 0.25) is 11.8 Å². The zero-order chi connectivity index (χ0) is 31.1. The Morgan fingerprint density at radius 2 is 1.77 bits per heavy atom. The van der Waals surface area contributed by atoms with Gasteiger partial charge in [-0.3, -0.25) is 14.4 Å². The predicted octanol–water partition coefficient (Wildman–Crippen LogP) is 4.92. The van der Waals surface area contributed by atoms with E-state index < -0.39 is 35.1 Å². The number of anilines is 2. The van der Waals surface area contributed by atoms with Crippen molar-refractivity contribution in [2.75, 3.05) is 29.5 Å². The monoisotopic (exact) mass is 605 g/mol. The molecule has 3 aliphatic heterocycles. The molecule has 0 saturated carbocycles. The molecule has 5 rings (SSSR count). The van der Waals surface area contributed by atoms with Crippen molar-refractivity contribution in [3.05, 3.63) is 84.4 Å². The Balaban J connectivity index is 1.65. The SMILES string of the molecule is C=CCN(C(=O)[C@@H]1[C@H]2C(=O)N([C@H](C)CO)C(C(=O)N(CC=C)c3c(C)cccc3Cl)C23CC[C@@]1(CC)O3)c1ccccc1. The molecule has 0 aliphatic carbocycles. The van der Waals surface area contributed by atoms with E-state index in [1.807, 2.05) is 56.3 Å². The number of para-hydroxylation sites is 2. The summed E-state index contributed by atoms with van der Waals surface area (Å²) >= 11 is 6.65. The van der Waals surface area contributed by atoms with Gasteiger partial charge >= 0.3 is 0 Å². The van der Waals surface area contributed by atoms with Crippen LogP contribution in [-0.2, 0) is 19.1 Å². The number of ether oxygens (including phenoxy) is 1. The third kappa shape index (κ3) is 4.71. The normalized spacial score (nSPS) is 28.0. The maximum atomic E-state index is 14.8. The molecule has 3 fully saturated rings. The first kappa shape index (κ1) is 31.0. The zero-order valence-electron chi connectivity index (χ0n) is 25.0. The fourth-order valence-electron chi connectivity index (χ4n) is 7.63. The number of aliphatic hydroxyl groups excluding tert-OH is 1. The van der Waals surface area contributed by atoms with E-state index >= 15 is 0 Å². The van der Waals surface area contributed by atoms with Crippen LogP contribution in [0.3, 0.4) is 0 Å². The van der Waals surface area contributed by atoms with Gasteiger partial charge in [0.1, 0.15) is 11.6 Å². The summed E-state index contributed by atoms with van der Waals surface area (Å²) in [6, 6.07) is 13.0. The molecule has 3 heterocycles. The van der Waals surface area contributed by atoms with Gasteiger partial charge in [0, 0.05) is 18.8 Å². The number of fused-ring (bicyclic) bond motifs is 1. The van der Waals surface area contributed by atoms with E-state index in [0.29, 0.717) is 35.7 Å². The smallest absolute Gasteiger partial charge is 0.253 e. The molecular weight excluding hydrogens is 566 g/mol. The van der Waals surface area contributed by atoms with Crippen molar-refractivity contribution in [1.82, 2.24) is 4.90 Å². The van der Waals surface area contributed by atoms with Crippen LogP contribution in [0, 0.1) is 18.8 Å². The lowest BCUT2D eigenvalue weighted by Crippen LogP contribution is -2.58. The molecular formula is C34H40ClN3O5. The highest BCUT2D eigenvalue weighted by Gasteiger charge is 2.79. The van der Waals surface area contributed by atoms with Gasteiger partial charge in [-0.1, -0.05) is 61.0 Å². The second-order valence-electron chi connectivity index (χ2n) is 11.8. The Labute approximate surface area is 258 Å². The fourth-order valence-corrected chi connectivity index (χ4v) is 7.96. The van der Waals surface area contributed by atoms with E-state index in [0.717, 1.165) is 5.56 Å². The summed E-state index contributed by atoms with van der Waals surface area (Å²) in [5, 5.41) is 10.7. The first-order valence-corrected chi connectivity index (χ1v) is 15.3. The summed E-state index contributed by atoms with van der Waals surface area (Å²) in [6.07, 6.45) is 4.74. The van der Waals surface area contributed by atoms with Gasteiger partial charge in [0.05, 0.1) is 40.8 Å². The van der Waals surface area contributed by atoms with Crippen molar-refractivity contribution in [3.8, 4) is 0 Å². The summed E-state index contributed by atoms with van der Waals surface area (Å²) in [4.78, 5) is 48.6. The lowest BCUT2D eigenvalue weighted by Gasteiger charge is -2.39. The number of carbonyl (C=O) groups excluding carboxylic acids is 3. The number of halogens is 1. The second kappa shape index (κ2) is 11.9. The van der Waals surface area contributed by atoms with Crippen molar-refractivity contribution < 1.29 is 24.2 Å². The van der Waals surface area contributed by atoms with Gasteiger partial charge in [0.25, 0.3) is 5.91 Å². The van der Waals surface area contributed by atoms with Crippen LogP contribution in [0.5, 0.6) is 0 Å². The highest BCUT2D eigenvalue weighted by Crippen LogP contribution is 2.65. The lowest BCUT2D eigenvalue weighted by molar-refractivity contribution is -0.149. The van der Waals surface area contributed by atoms with Crippen LogP contribution in [0.1, 0.15) is 38.7 Å². The Kier molecular flexibility index (Phi) is 8.58. The first-order valence-electron chi connectivity index (χ1n) is 14.9. The molecule has 2 aromatic rings. The molecule has 2 unspecified atom stereocenters. The van der Waals surface area contributed by atoms with Gasteiger partial charge < -0.3 is 24.5 Å². The maximum Gasteiger partial charge on any atom is 0.253 e. The van der Waals surface area contributed by atoms with Crippen molar-refractivity contribution in [1.29, 1.82) is 0 Å². The molecule has 228 valence electrons. The van der Waals surface area contributed by atoms with E-state index in [1.54, 1.807) is 34.9 Å². The molecule has 2 aromatic carbocycles. The largest absolute Gasteiger partial charge is 0.394 e. The fraction of sp³-hybridized carbons (Fsp3) is 0.441. The number of carbonyl (C=O) groups is 3. The van der Waals surface area contributed by atoms with E-state index in [4.69, 9.17) is 16.3 Å². The molecule has 0 radical (unpaired) electrons. The molecule has 3 aliphatic rings. The average Bonchev–Trinajstić information content (AvgIpc) is 3.62. The standard InChI is InChI=1S/C34H40ClN3O5/c1-6-19-36(24-14-10-9-11-15-24)30(40)26-27-31(41)38(23(5)21-39)29(34(27)18-17-33(26,8-3)43-34)32(42)37(20-7-2)28-22(4)13-12-16-25(28)35/h6-7,9-16,23,26-27,29,39H,1-2,8,17-21H2,3-5H3/t23-,26+,27+,29?,33-,34?/m1/s1. The van der Waals surface area contributed by atoms with E-state index in [1.165, 1.54) is 4.90 Å². The van der Waals surface area contributed by atoms with Gasteiger partial charge in [-0.15, -0.1) is 13.2 Å². The molecule has 8 nitrogen and oxygen atoms in total. The Bertz CT molecular complexity index is 1410. The molecule has 2 bridgehead atoms. The van der Waals surface area contributed by atoms with Crippen LogP contribution in [0.15, 0.2) is 73.8 Å². The summed E-state index contributed by atoms with van der Waals surface area (Å²) in [5.41, 5.74) is -0.146. The minimum atomic E-state index is -1.25. The molecule has 3 saturated heterocycles. The maximum absolute atomic E-state index is 14.8. The van der Waals surface area contributed by atoms with Gasteiger partial charge in [0.15, 0.2) is 0 Å². The summed E-state index contributed by atoms with van der Waals surface area (Å²) in [5.74, 6) is -2.68. The van der Waals surface area contributed by atoms with Crippen LogP contribution < -0.4 is 9.80 Å². The van der Waals surface area contributed by atoms with Gasteiger partial charge in [-0.2, -0.15) is 0 Å². The Morgan fingerprint density at radius 1 is 1.09 bits per heavy atom. The van der Waals surface area contributed by atoms with Crippen LogP contribution in [0.2, 0.25) is 5.02 Å². The average molecular weight is 606 g/mol. The second-order valence-corrected chi connectivity index (χ2v) is 12.2. The van der Waals surface area contributed by atoms with Crippen LogP contribution in [0.25, 0.3) is 0 Å². The quantitative estimate of drug-likeness (QED) is 0.367. The van der Waals surface area contributed by atoms with E-state index in [9.17, 15) is 19.5 Å². The third-order valence-electron chi connectivity index (χ3n) is 9.54. The topological polar surface area (TPSA) is 90.4 Å². The number of aryl methyl sites for hydroxylation is 1. The molecule has 43 heavy (non-hydrogen) atoms. The van der Waals surface area contributed by atoms with Crippen LogP contribution in [0.4, 0.5) is 11.4 Å². The Morgan fingerprint density at radius 3 is 2.37 bits per heavy atom. The zero-order valence-corrected chi connectivity index (χ0v) is 25.8. The van der Waals surface area contributed by atoms with Crippen molar-refractivity contribution in [2.45, 2.75) is 63.3 Å². The van der Waals surface area contributed by atoms with Crippen LogP contribution >= 0.6 is 11.6 Å². The van der Waals surface area contributed by atoms with Crippen LogP contribution in [-0.4, -0.2) is 70.7 Å². The molecule has 1 spiro atoms. The lowest BCUT2D eigenvalue weighted by atomic mass is 9.64. The number of aliphatic hydroxyl groups is 1. The minimum Gasteiger partial charge on any atom is -0.394 e. The summed E-state index contributed by atoms with van der Waals surface area (Å²) in [7, 11) is 0. The molecule has 0 aromatic heterocycles. The highest BCUT2D eigenvalue weighted by molar-refractivity contribution is 6.34. The highest BCUT2D eigenvalue weighted by atomic mass is 35.5.